The molecular formula is C13H12ClN3O3S. The SMILES string of the molecule is Nc1cc(=O)[nH]c(SCc2cc(Cl)c3c(c2)COCO3)n1. The van der Waals surface area contributed by atoms with E-state index >= 15 is 0 Å². The van der Waals surface area contributed by atoms with Crippen molar-refractivity contribution in [3.05, 3.63) is 44.7 Å². The molecule has 1 aliphatic heterocycles. The number of rotatable bonds is 3. The number of nitrogens with one attached hydrogen (secondary N) is 1. The van der Waals surface area contributed by atoms with Crippen LogP contribution in [-0.2, 0) is 17.1 Å². The number of aromatic amines is 1. The summed E-state index contributed by atoms with van der Waals surface area (Å²) in [5.74, 6) is 1.47. The van der Waals surface area contributed by atoms with E-state index < -0.39 is 0 Å². The minimum absolute atomic E-state index is 0.200. The molecule has 0 spiro atoms. The Hall–Kier alpha value is -1.70. The van der Waals surface area contributed by atoms with Crippen LogP contribution in [0.4, 0.5) is 5.82 Å². The molecule has 0 fully saturated rings. The summed E-state index contributed by atoms with van der Waals surface area (Å²) in [6, 6.07) is 5.05. The molecule has 1 aliphatic rings. The molecule has 0 amide bonds. The van der Waals surface area contributed by atoms with Gasteiger partial charge in [-0.1, -0.05) is 23.4 Å². The smallest absolute Gasteiger partial charge is 0.253 e. The van der Waals surface area contributed by atoms with Crippen LogP contribution < -0.4 is 16.0 Å². The average molecular weight is 326 g/mol. The van der Waals surface area contributed by atoms with Crippen molar-refractivity contribution in [2.45, 2.75) is 17.5 Å². The monoisotopic (exact) mass is 325 g/mol. The van der Waals surface area contributed by atoms with Crippen LogP contribution >= 0.6 is 23.4 Å². The molecule has 1 aromatic heterocycles. The van der Waals surface area contributed by atoms with E-state index in [0.29, 0.717) is 28.3 Å². The summed E-state index contributed by atoms with van der Waals surface area (Å²) in [7, 11) is 0. The van der Waals surface area contributed by atoms with Crippen molar-refractivity contribution in [2.24, 2.45) is 0 Å². The lowest BCUT2D eigenvalue weighted by Gasteiger charge is -2.19. The molecule has 0 unspecified atom stereocenters. The molecule has 1 aromatic carbocycles. The van der Waals surface area contributed by atoms with E-state index in [0.717, 1.165) is 11.1 Å². The maximum atomic E-state index is 11.3. The Bertz CT molecular complexity index is 735. The van der Waals surface area contributed by atoms with Crippen molar-refractivity contribution in [1.29, 1.82) is 0 Å². The van der Waals surface area contributed by atoms with E-state index in [2.05, 4.69) is 9.97 Å². The minimum atomic E-state index is -0.268. The lowest BCUT2D eigenvalue weighted by atomic mass is 10.1. The van der Waals surface area contributed by atoms with Crippen molar-refractivity contribution in [1.82, 2.24) is 9.97 Å². The Labute approximate surface area is 129 Å². The average Bonchev–Trinajstić information content (AvgIpc) is 2.44. The van der Waals surface area contributed by atoms with Crippen LogP contribution in [0, 0.1) is 0 Å². The highest BCUT2D eigenvalue weighted by Gasteiger charge is 2.15. The molecule has 0 atom stereocenters. The van der Waals surface area contributed by atoms with E-state index in [9.17, 15) is 4.79 Å². The number of benzene rings is 1. The number of nitrogens with two attached hydrogens (primary N) is 1. The maximum Gasteiger partial charge on any atom is 0.253 e. The fourth-order valence-electron chi connectivity index (χ4n) is 1.99. The Morgan fingerprint density at radius 3 is 3.10 bits per heavy atom. The lowest BCUT2D eigenvalue weighted by molar-refractivity contribution is -0.0163. The maximum absolute atomic E-state index is 11.3. The van der Waals surface area contributed by atoms with Crippen molar-refractivity contribution >= 4 is 29.2 Å². The topological polar surface area (TPSA) is 90.2 Å². The third kappa shape index (κ3) is 3.31. The summed E-state index contributed by atoms with van der Waals surface area (Å²) in [6.07, 6.45) is 0. The molecular weight excluding hydrogens is 314 g/mol. The molecule has 2 aromatic rings. The van der Waals surface area contributed by atoms with Gasteiger partial charge in [-0.2, -0.15) is 0 Å². The highest BCUT2D eigenvalue weighted by atomic mass is 35.5. The number of hydrogen-bond acceptors (Lipinski definition) is 6. The Balaban J connectivity index is 1.79. The second-order valence-corrected chi connectivity index (χ2v) is 5.81. The molecule has 0 bridgehead atoms. The first-order valence-corrected chi connectivity index (χ1v) is 7.49. The van der Waals surface area contributed by atoms with Crippen LogP contribution in [0.2, 0.25) is 5.02 Å². The zero-order valence-corrected chi connectivity index (χ0v) is 12.5. The first kappa shape index (κ1) is 14.2. The van der Waals surface area contributed by atoms with E-state index in [4.69, 9.17) is 26.8 Å². The van der Waals surface area contributed by atoms with Crippen LogP contribution in [0.25, 0.3) is 0 Å². The van der Waals surface area contributed by atoms with Gasteiger partial charge >= 0.3 is 0 Å². The van der Waals surface area contributed by atoms with E-state index in [1.54, 1.807) is 0 Å². The molecule has 0 saturated carbocycles. The normalized spacial score (nSPS) is 13.6. The van der Waals surface area contributed by atoms with Crippen LogP contribution in [-0.4, -0.2) is 16.8 Å². The van der Waals surface area contributed by atoms with Gasteiger partial charge in [-0.3, -0.25) is 4.79 Å². The van der Waals surface area contributed by atoms with Gasteiger partial charge in [0.05, 0.1) is 11.6 Å². The molecule has 2 heterocycles. The van der Waals surface area contributed by atoms with Gasteiger partial charge in [0, 0.05) is 17.4 Å². The Morgan fingerprint density at radius 2 is 2.29 bits per heavy atom. The van der Waals surface area contributed by atoms with Gasteiger partial charge in [-0.25, -0.2) is 4.98 Å². The largest absolute Gasteiger partial charge is 0.466 e. The fraction of sp³-hybridized carbons (Fsp3) is 0.231. The number of H-pyrrole nitrogens is 1. The van der Waals surface area contributed by atoms with Gasteiger partial charge in [0.25, 0.3) is 5.56 Å². The van der Waals surface area contributed by atoms with Gasteiger partial charge in [-0.15, -0.1) is 0 Å². The standard InChI is InChI=1S/C13H12ClN3O3S/c14-9-2-7(1-8-4-19-6-20-12(8)9)5-21-13-16-10(15)3-11(18)17-13/h1-3H,4-6H2,(H3,15,16,17,18). The molecule has 0 radical (unpaired) electrons. The number of ether oxygens (including phenoxy) is 2. The van der Waals surface area contributed by atoms with E-state index in [1.807, 2.05) is 12.1 Å². The molecule has 0 aliphatic carbocycles. The number of thioether (sulfide) groups is 1. The van der Waals surface area contributed by atoms with Gasteiger partial charge < -0.3 is 20.2 Å². The van der Waals surface area contributed by atoms with E-state index in [-0.39, 0.29) is 18.2 Å². The summed E-state index contributed by atoms with van der Waals surface area (Å²) in [5.41, 5.74) is 7.18. The van der Waals surface area contributed by atoms with Gasteiger partial charge in [0.1, 0.15) is 11.6 Å². The quantitative estimate of drug-likeness (QED) is 0.664. The third-order valence-electron chi connectivity index (χ3n) is 2.84. The van der Waals surface area contributed by atoms with Crippen molar-refractivity contribution in [2.75, 3.05) is 12.5 Å². The third-order valence-corrected chi connectivity index (χ3v) is 4.06. The fourth-order valence-corrected chi connectivity index (χ4v) is 3.12. The van der Waals surface area contributed by atoms with Crippen molar-refractivity contribution < 1.29 is 9.47 Å². The first-order chi connectivity index (χ1) is 10.1. The molecule has 3 N–H and O–H groups in total. The summed E-state index contributed by atoms with van der Waals surface area (Å²) >= 11 is 7.57. The number of aromatic nitrogens is 2. The Kier molecular flexibility index (Phi) is 4.05. The highest BCUT2D eigenvalue weighted by molar-refractivity contribution is 7.98. The number of halogens is 1. The first-order valence-electron chi connectivity index (χ1n) is 6.13. The minimum Gasteiger partial charge on any atom is -0.466 e. The molecule has 21 heavy (non-hydrogen) atoms. The van der Waals surface area contributed by atoms with Crippen LogP contribution in [0.5, 0.6) is 5.75 Å². The number of fused-ring (bicyclic) bond motifs is 1. The number of nitrogen functional groups attached to an aromatic ring is 1. The van der Waals surface area contributed by atoms with Crippen LogP contribution in [0.15, 0.2) is 28.2 Å². The zero-order chi connectivity index (χ0) is 14.8. The van der Waals surface area contributed by atoms with Gasteiger partial charge in [0.2, 0.25) is 0 Å². The van der Waals surface area contributed by atoms with Crippen molar-refractivity contribution in [3.8, 4) is 5.75 Å². The second-order valence-electron chi connectivity index (χ2n) is 4.44. The zero-order valence-electron chi connectivity index (χ0n) is 10.9. The molecule has 0 saturated heterocycles. The number of hydrogen-bond donors (Lipinski definition) is 2. The molecule has 110 valence electrons. The molecule has 3 rings (SSSR count). The number of anilines is 1. The van der Waals surface area contributed by atoms with Crippen molar-refractivity contribution in [3.63, 3.8) is 0 Å². The summed E-state index contributed by atoms with van der Waals surface area (Å²) in [4.78, 5) is 18.0. The van der Waals surface area contributed by atoms with Gasteiger partial charge in [-0.05, 0) is 17.7 Å². The number of nitrogens with zero attached hydrogens (tertiary/aromatic N) is 1. The van der Waals surface area contributed by atoms with E-state index in [1.165, 1.54) is 17.8 Å². The summed E-state index contributed by atoms with van der Waals surface area (Å²) in [6.45, 7) is 0.691. The summed E-state index contributed by atoms with van der Waals surface area (Å²) < 4.78 is 10.6. The van der Waals surface area contributed by atoms with Crippen LogP contribution in [0.1, 0.15) is 11.1 Å². The molecule has 6 nitrogen and oxygen atoms in total. The van der Waals surface area contributed by atoms with Gasteiger partial charge in [0.15, 0.2) is 11.9 Å². The molecule has 8 heteroatoms. The lowest BCUT2D eigenvalue weighted by Crippen LogP contribution is -2.12. The Morgan fingerprint density at radius 1 is 1.43 bits per heavy atom. The van der Waals surface area contributed by atoms with Crippen LogP contribution in [0.3, 0.4) is 0 Å². The predicted octanol–water partition coefficient (Wildman–Crippen LogP) is 2.16. The predicted molar refractivity (Wildman–Crippen MR) is 80.6 cm³/mol. The second kappa shape index (κ2) is 5.97. The summed E-state index contributed by atoms with van der Waals surface area (Å²) in [5, 5.41) is 1.03. The highest BCUT2D eigenvalue weighted by Crippen LogP contribution is 2.34.